The first-order chi connectivity index (χ1) is 10.6. The van der Waals surface area contributed by atoms with Gasteiger partial charge in [0.25, 0.3) is 0 Å². The van der Waals surface area contributed by atoms with E-state index in [0.29, 0.717) is 10.0 Å². The fourth-order valence-corrected chi connectivity index (χ4v) is 2.92. The molecule has 0 bridgehead atoms. The van der Waals surface area contributed by atoms with Gasteiger partial charge in [-0.2, -0.15) is 0 Å². The van der Waals surface area contributed by atoms with E-state index in [4.69, 9.17) is 16.3 Å². The van der Waals surface area contributed by atoms with E-state index in [1.807, 2.05) is 12.1 Å². The Morgan fingerprint density at radius 1 is 1.18 bits per heavy atom. The van der Waals surface area contributed by atoms with Gasteiger partial charge in [-0.3, -0.25) is 9.59 Å². The van der Waals surface area contributed by atoms with Gasteiger partial charge in [-0.05, 0) is 24.3 Å². The van der Waals surface area contributed by atoms with E-state index in [0.717, 1.165) is 4.88 Å². The molecule has 0 saturated carbocycles. The molecule has 7 heteroatoms. The minimum atomic E-state index is -0.717. The Morgan fingerprint density at radius 3 is 2.50 bits per heavy atom. The van der Waals surface area contributed by atoms with Crippen LogP contribution in [0, 0.1) is 0 Å². The summed E-state index contributed by atoms with van der Waals surface area (Å²) in [7, 11) is 1.54. The van der Waals surface area contributed by atoms with E-state index < -0.39 is 11.8 Å². The predicted octanol–water partition coefficient (Wildman–Crippen LogP) is 2.84. The highest BCUT2D eigenvalue weighted by molar-refractivity contribution is 7.16. The first-order valence-corrected chi connectivity index (χ1v) is 7.72. The monoisotopic (exact) mass is 338 g/mol. The highest BCUT2D eigenvalue weighted by atomic mass is 35.5. The van der Waals surface area contributed by atoms with Crippen molar-refractivity contribution >= 4 is 40.4 Å². The number of benzene rings is 1. The van der Waals surface area contributed by atoms with Crippen molar-refractivity contribution < 1.29 is 14.3 Å². The van der Waals surface area contributed by atoms with Gasteiger partial charge in [0, 0.05) is 24.2 Å². The van der Waals surface area contributed by atoms with Crippen LogP contribution in [0.25, 0.3) is 0 Å². The van der Waals surface area contributed by atoms with Crippen LogP contribution < -0.4 is 10.6 Å². The molecule has 1 aromatic heterocycles. The average molecular weight is 339 g/mol. The Balaban J connectivity index is 1.87. The molecule has 0 aliphatic heterocycles. The third kappa shape index (κ3) is 4.56. The Morgan fingerprint density at radius 2 is 1.91 bits per heavy atom. The molecular weight excluding hydrogens is 324 g/mol. The van der Waals surface area contributed by atoms with Crippen LogP contribution in [0.1, 0.15) is 11.0 Å². The third-order valence-electron chi connectivity index (χ3n) is 2.88. The fraction of sp³-hybridized carbons (Fsp3) is 0.200. The summed E-state index contributed by atoms with van der Waals surface area (Å²) >= 11 is 7.25. The van der Waals surface area contributed by atoms with Gasteiger partial charge in [-0.1, -0.05) is 29.8 Å². The zero-order valence-corrected chi connectivity index (χ0v) is 13.4. The Hall–Kier alpha value is -1.89. The number of para-hydroxylation sites is 1. The third-order valence-corrected chi connectivity index (χ3v) is 4.20. The zero-order chi connectivity index (χ0) is 15.9. The number of methoxy groups -OCH3 is 1. The SMILES string of the molecule is COC(CNC(=O)C(=O)Nc1ccccc1)c1ccc(Cl)s1. The summed E-state index contributed by atoms with van der Waals surface area (Å²) in [4.78, 5) is 24.5. The maximum atomic E-state index is 11.8. The van der Waals surface area contributed by atoms with E-state index in [1.165, 1.54) is 18.4 Å². The maximum Gasteiger partial charge on any atom is 0.313 e. The number of carbonyl (C=O) groups excluding carboxylic acids is 2. The molecule has 0 radical (unpaired) electrons. The van der Waals surface area contributed by atoms with Crippen molar-refractivity contribution in [3.8, 4) is 0 Å². The number of hydrogen-bond acceptors (Lipinski definition) is 4. The van der Waals surface area contributed by atoms with Crippen LogP contribution in [-0.2, 0) is 14.3 Å². The van der Waals surface area contributed by atoms with Crippen LogP contribution in [0.15, 0.2) is 42.5 Å². The van der Waals surface area contributed by atoms with Crippen molar-refractivity contribution in [3.05, 3.63) is 51.7 Å². The molecular formula is C15H15ClN2O3S. The van der Waals surface area contributed by atoms with Gasteiger partial charge in [-0.15, -0.1) is 11.3 Å². The number of anilines is 1. The average Bonchev–Trinajstić information content (AvgIpc) is 2.95. The van der Waals surface area contributed by atoms with Crippen LogP contribution in [0.5, 0.6) is 0 Å². The Bertz CT molecular complexity index is 645. The molecule has 5 nitrogen and oxygen atoms in total. The number of nitrogens with one attached hydrogen (secondary N) is 2. The lowest BCUT2D eigenvalue weighted by atomic mass is 10.3. The van der Waals surface area contributed by atoms with E-state index in [1.54, 1.807) is 30.3 Å². The van der Waals surface area contributed by atoms with E-state index in [-0.39, 0.29) is 12.6 Å². The summed E-state index contributed by atoms with van der Waals surface area (Å²) in [6.45, 7) is 0.189. The highest BCUT2D eigenvalue weighted by Gasteiger charge is 2.18. The summed E-state index contributed by atoms with van der Waals surface area (Å²) in [6, 6.07) is 12.4. The normalized spacial score (nSPS) is 11.7. The molecule has 0 aliphatic rings. The molecule has 1 aromatic carbocycles. The second-order valence-electron chi connectivity index (χ2n) is 4.40. The van der Waals surface area contributed by atoms with Crippen LogP contribution in [-0.4, -0.2) is 25.5 Å². The van der Waals surface area contributed by atoms with Crippen molar-refractivity contribution in [2.75, 3.05) is 19.0 Å². The van der Waals surface area contributed by atoms with Gasteiger partial charge in [-0.25, -0.2) is 0 Å². The van der Waals surface area contributed by atoms with Crippen LogP contribution in [0.3, 0.4) is 0 Å². The number of thiophene rings is 1. The fourth-order valence-electron chi connectivity index (χ4n) is 1.78. The highest BCUT2D eigenvalue weighted by Crippen LogP contribution is 2.28. The quantitative estimate of drug-likeness (QED) is 0.824. The first kappa shape index (κ1) is 16.5. The van der Waals surface area contributed by atoms with Gasteiger partial charge in [0.2, 0.25) is 0 Å². The molecule has 116 valence electrons. The Labute approximate surface area is 137 Å². The summed E-state index contributed by atoms with van der Waals surface area (Å²) in [5.41, 5.74) is 0.566. The molecule has 2 aromatic rings. The number of halogens is 1. The molecule has 0 aliphatic carbocycles. The topological polar surface area (TPSA) is 67.4 Å². The molecule has 0 spiro atoms. The molecule has 1 atom stereocenters. The van der Waals surface area contributed by atoms with Crippen molar-refractivity contribution in [1.82, 2.24) is 5.32 Å². The van der Waals surface area contributed by atoms with Crippen LogP contribution in [0.4, 0.5) is 5.69 Å². The van der Waals surface area contributed by atoms with Gasteiger partial charge < -0.3 is 15.4 Å². The number of carbonyl (C=O) groups is 2. The number of ether oxygens (including phenoxy) is 1. The van der Waals surface area contributed by atoms with Crippen molar-refractivity contribution in [2.24, 2.45) is 0 Å². The smallest absolute Gasteiger partial charge is 0.313 e. The number of amides is 2. The summed E-state index contributed by atoms with van der Waals surface area (Å²) in [5.74, 6) is -1.43. The molecule has 2 N–H and O–H groups in total. The maximum absolute atomic E-state index is 11.8. The molecule has 1 heterocycles. The summed E-state index contributed by atoms with van der Waals surface area (Å²) in [5, 5.41) is 5.07. The molecule has 1 unspecified atom stereocenters. The second-order valence-corrected chi connectivity index (χ2v) is 6.14. The lowest BCUT2D eigenvalue weighted by Gasteiger charge is -2.14. The largest absolute Gasteiger partial charge is 0.374 e. The molecule has 0 fully saturated rings. The van der Waals surface area contributed by atoms with Gasteiger partial charge in [0.15, 0.2) is 0 Å². The lowest BCUT2D eigenvalue weighted by molar-refractivity contribution is -0.136. The first-order valence-electron chi connectivity index (χ1n) is 6.52. The molecule has 0 saturated heterocycles. The molecule has 2 rings (SSSR count). The predicted molar refractivity (Wildman–Crippen MR) is 87.2 cm³/mol. The number of rotatable bonds is 5. The molecule has 2 amide bonds. The van der Waals surface area contributed by atoms with Crippen LogP contribution in [0.2, 0.25) is 4.34 Å². The zero-order valence-electron chi connectivity index (χ0n) is 11.8. The number of hydrogen-bond donors (Lipinski definition) is 2. The van der Waals surface area contributed by atoms with E-state index in [9.17, 15) is 9.59 Å². The summed E-state index contributed by atoms with van der Waals surface area (Å²) in [6.07, 6.45) is -0.342. The molecule has 22 heavy (non-hydrogen) atoms. The second kappa shape index (κ2) is 7.93. The van der Waals surface area contributed by atoms with Crippen molar-refractivity contribution in [2.45, 2.75) is 6.10 Å². The minimum Gasteiger partial charge on any atom is -0.374 e. The lowest BCUT2D eigenvalue weighted by Crippen LogP contribution is -2.37. The van der Waals surface area contributed by atoms with Gasteiger partial charge >= 0.3 is 11.8 Å². The van der Waals surface area contributed by atoms with E-state index >= 15 is 0 Å². The van der Waals surface area contributed by atoms with Gasteiger partial charge in [0.1, 0.15) is 6.10 Å². The Kier molecular flexibility index (Phi) is 5.94. The summed E-state index contributed by atoms with van der Waals surface area (Å²) < 4.78 is 5.95. The van der Waals surface area contributed by atoms with Crippen LogP contribution >= 0.6 is 22.9 Å². The minimum absolute atomic E-state index is 0.189. The van der Waals surface area contributed by atoms with Gasteiger partial charge in [0.05, 0.1) is 4.34 Å². The van der Waals surface area contributed by atoms with E-state index in [2.05, 4.69) is 10.6 Å². The van der Waals surface area contributed by atoms with Crippen molar-refractivity contribution in [3.63, 3.8) is 0 Å². The standard InChI is InChI=1S/C15H15ClN2O3S/c1-21-11(12-7-8-13(16)22-12)9-17-14(19)15(20)18-10-5-3-2-4-6-10/h2-8,11H,9H2,1H3,(H,17,19)(H,18,20). The van der Waals surface area contributed by atoms with Crippen molar-refractivity contribution in [1.29, 1.82) is 0 Å².